The van der Waals surface area contributed by atoms with Gasteiger partial charge in [-0.05, 0) is 112 Å². The van der Waals surface area contributed by atoms with Crippen molar-refractivity contribution in [2.45, 2.75) is 350 Å². The molecule has 0 aromatic rings. The van der Waals surface area contributed by atoms with Crippen LogP contribution in [0.15, 0.2) is 12.2 Å². The van der Waals surface area contributed by atoms with E-state index in [2.05, 4.69) is 27.4 Å². The lowest BCUT2D eigenvalue weighted by molar-refractivity contribution is -0.411. The van der Waals surface area contributed by atoms with Gasteiger partial charge in [0, 0.05) is 12.3 Å². The summed E-state index contributed by atoms with van der Waals surface area (Å²) in [5.74, 6) is 1.32. The van der Waals surface area contributed by atoms with Gasteiger partial charge in [0.05, 0.1) is 70.7 Å². The van der Waals surface area contributed by atoms with Crippen molar-refractivity contribution >= 4 is 0 Å². The van der Waals surface area contributed by atoms with E-state index in [0.29, 0.717) is 43.1 Å². The molecule has 1 spiro atoms. The maximum Gasteiger partial charge on any atom is 0.187 e. The van der Waals surface area contributed by atoms with Crippen molar-refractivity contribution in [2.75, 3.05) is 46.2 Å². The number of ether oxygens (including phenoxy) is 18. The van der Waals surface area contributed by atoms with Crippen molar-refractivity contribution in [3.8, 4) is 0 Å². The van der Waals surface area contributed by atoms with Crippen LogP contribution in [0.4, 0.5) is 0 Å². The van der Waals surface area contributed by atoms with Gasteiger partial charge in [-0.1, -0.05) is 32.9 Å². The minimum Gasteiger partial charge on any atom is -0.394 e. The fraction of sp³-hybridized carbons (Fsp3) is 0.973. The molecule has 112 heavy (non-hydrogen) atoms. The van der Waals surface area contributed by atoms with Crippen molar-refractivity contribution in [1.82, 2.24) is 0 Å². The molecule has 39 nitrogen and oxygen atoms in total. The lowest BCUT2D eigenvalue weighted by Gasteiger charge is -2.61. The van der Waals surface area contributed by atoms with Crippen LogP contribution in [-0.2, 0) is 85.3 Å². The van der Waals surface area contributed by atoms with Gasteiger partial charge in [-0.25, -0.2) is 0 Å². The Morgan fingerprint density at radius 3 is 1.57 bits per heavy atom. The van der Waals surface area contributed by atoms with Gasteiger partial charge >= 0.3 is 0 Å². The quantitative estimate of drug-likeness (QED) is 0.0398. The van der Waals surface area contributed by atoms with E-state index in [1.54, 1.807) is 0 Å². The monoisotopic (exact) mass is 1620 g/mol. The van der Waals surface area contributed by atoms with E-state index in [9.17, 15) is 107 Å². The summed E-state index contributed by atoms with van der Waals surface area (Å²) >= 11 is 0. The highest BCUT2D eigenvalue weighted by molar-refractivity contribution is 5.17. The van der Waals surface area contributed by atoms with Crippen molar-refractivity contribution in [2.24, 2.45) is 46.3 Å². The summed E-state index contributed by atoms with van der Waals surface area (Å²) in [6.07, 6.45) is -63.9. The molecule has 14 fully saturated rings. The maximum absolute atomic E-state index is 12.6. The van der Waals surface area contributed by atoms with Crippen LogP contribution >= 0.6 is 0 Å². The van der Waals surface area contributed by atoms with Crippen molar-refractivity contribution in [3.63, 3.8) is 0 Å². The number of hydrogen-bond donors (Lipinski definition) is 21. The first-order valence-corrected chi connectivity index (χ1v) is 39.6. The summed E-state index contributed by atoms with van der Waals surface area (Å²) in [6, 6.07) is 0. The highest BCUT2D eigenvalue weighted by Crippen LogP contribution is 2.72. The van der Waals surface area contributed by atoms with E-state index in [-0.39, 0.29) is 28.8 Å². The van der Waals surface area contributed by atoms with Crippen LogP contribution < -0.4 is 0 Å². The topological polar surface area (TPSA) is 591 Å². The summed E-state index contributed by atoms with van der Waals surface area (Å²) in [4.78, 5) is 0. The molecule has 0 amide bonds. The van der Waals surface area contributed by atoms with Gasteiger partial charge in [0.15, 0.2) is 56.1 Å². The Labute approximate surface area is 645 Å². The normalized spacial score (nSPS) is 56.8. The van der Waals surface area contributed by atoms with Gasteiger partial charge in [-0.2, -0.15) is 0 Å². The summed E-state index contributed by atoms with van der Waals surface area (Å²) in [6.45, 7) is 9.36. The molecule has 0 aromatic carbocycles. The molecular weight excluding hydrogens is 1500 g/mol. The van der Waals surface area contributed by atoms with Crippen LogP contribution in [0.3, 0.4) is 0 Å². The molecule has 21 N–H and O–H groups in total. The molecule has 10 heterocycles. The second-order valence-corrected chi connectivity index (χ2v) is 34.3. The second kappa shape index (κ2) is 34.6. The molecule has 0 unspecified atom stereocenters. The Bertz CT molecular complexity index is 3090. The third kappa shape index (κ3) is 15.9. The number of aliphatic hydroxyl groups is 21. The van der Waals surface area contributed by atoms with Crippen LogP contribution in [-0.4, -0.2) is 405 Å². The standard InChI is InChI=1S/C73H118O39/c1-24-9-14-73(98-20-24)25(2)40-35(112-73)16-32-30-8-7-28-15-29(10-12-71(28,5)31(30)11-13-72(32,40)6)101-69-61(50(88)45(83)39(105-69)23-97-63-52(90)47(85)41(79)26(3)99-63)110-70-62(111-64-51(89)43(81)33(77)21-95-64)59(46(84)37(18-75)103-70)108-65-55(93)57(34(78)22-96-65)106-68-56(94)60(109-67-54(92)49(87)44(82)36(17-74)102-67)58(38(19-76)104-68)107-66-53(91)48(86)42(80)27(4)100-66/h25-70,74-94H,1,7-23H2,2-6H3/t25-,26-,27-,28-,29-,30-,31-,32+,33+,34-,35-,36+,37+,38+,39+,40-,41-,42-,43-,44+,45-,46+,47+,48+,49-,50-,51+,52+,53+,54+,55+,56+,57-,58+,59-,60+,61+,62+,63+,64-,65-,66-,67-,68-,69+,70-,71-,72-,73+/m0/s1. The molecule has 0 radical (unpaired) electrons. The Kier molecular flexibility index (Phi) is 26.7. The first-order valence-electron chi connectivity index (χ1n) is 39.6. The predicted molar refractivity (Wildman–Crippen MR) is 364 cm³/mol. The predicted octanol–water partition coefficient (Wildman–Crippen LogP) is -8.36. The zero-order valence-electron chi connectivity index (χ0n) is 63.0. The Balaban J connectivity index is 0.722. The number of fused-ring (bicyclic) bond motifs is 7. The molecule has 4 saturated carbocycles. The van der Waals surface area contributed by atoms with E-state index in [0.717, 1.165) is 56.9 Å². The third-order valence-corrected chi connectivity index (χ3v) is 27.7. The van der Waals surface area contributed by atoms with E-state index in [4.69, 9.17) is 85.3 Å². The zero-order valence-corrected chi connectivity index (χ0v) is 63.0. The lowest BCUT2D eigenvalue weighted by Crippen LogP contribution is -2.69. The molecule has 39 heteroatoms. The Hall–Kier alpha value is -1.82. The van der Waals surface area contributed by atoms with Crippen LogP contribution in [0.1, 0.15) is 98.8 Å². The maximum atomic E-state index is 12.6. The van der Waals surface area contributed by atoms with Gasteiger partial charge in [0.25, 0.3) is 0 Å². The lowest BCUT2D eigenvalue weighted by atomic mass is 9.44. The molecule has 4 aliphatic carbocycles. The molecule has 10 saturated heterocycles. The number of aliphatic hydroxyl groups excluding tert-OH is 21. The van der Waals surface area contributed by atoms with Crippen LogP contribution in [0, 0.1) is 46.3 Å². The van der Waals surface area contributed by atoms with Crippen LogP contribution in [0.2, 0.25) is 0 Å². The molecule has 0 aromatic heterocycles. The van der Waals surface area contributed by atoms with E-state index < -0.39 is 285 Å². The van der Waals surface area contributed by atoms with Crippen LogP contribution in [0.25, 0.3) is 0 Å². The summed E-state index contributed by atoms with van der Waals surface area (Å²) in [5.41, 5.74) is 0.993. The Morgan fingerprint density at radius 1 is 0.402 bits per heavy atom. The largest absolute Gasteiger partial charge is 0.394 e. The van der Waals surface area contributed by atoms with Gasteiger partial charge in [-0.15, -0.1) is 0 Å². The average molecular weight is 1620 g/mol. The Morgan fingerprint density at radius 2 is 0.902 bits per heavy atom. The van der Waals surface area contributed by atoms with E-state index in [1.165, 1.54) is 13.8 Å². The van der Waals surface area contributed by atoms with Gasteiger partial charge in [0.2, 0.25) is 0 Å². The third-order valence-electron chi connectivity index (χ3n) is 27.7. The molecule has 49 atom stereocenters. The molecule has 0 bridgehead atoms. The molecular formula is C73H118O39. The first-order chi connectivity index (χ1) is 53.1. The minimum atomic E-state index is -2.29. The number of hydrogen-bond acceptors (Lipinski definition) is 39. The molecule has 14 aliphatic rings. The summed E-state index contributed by atoms with van der Waals surface area (Å²) < 4.78 is 111. The highest BCUT2D eigenvalue weighted by atomic mass is 16.8. The van der Waals surface area contributed by atoms with Crippen molar-refractivity contribution in [1.29, 1.82) is 0 Å². The zero-order chi connectivity index (χ0) is 80.4. The van der Waals surface area contributed by atoms with Crippen molar-refractivity contribution in [3.05, 3.63) is 12.2 Å². The highest BCUT2D eigenvalue weighted by Gasteiger charge is 2.70. The SMILES string of the molecule is C=C1CC[C@@]2(OC1)O[C@H]1C[C@@H]3[C@H]4CC[C@H]5C[C@@H](O[C@@H]6O[C@H](CO[C@@H]7O[C@@H](C)[C@H](O)[C@@H](O)[C@H]7O)[C@H](O)[C@H](O)[C@H]6O[C@@H]6O[C@H](CO)[C@@H](O)[C@H](O[C@@H]7OC[C@H](O)[C@H](O[C@@H]8O[C@H](CO)[C@@H](O[C@@H]9O[C@@H](C)[C@H](O)[C@@H](O)[C@H]9O)[C@H](O[C@@H]9O[C@H](CO)[C@@H](O)[C@H](O)[C@H]9O)[C@H]8O)[C@H]7O)[C@H]6O[C@@H]6OC[C@@H](O)[C@H](O)[C@H]6O)CC[C@]5(C)[C@H]4CC[C@]3(C)[C@H]1[C@@H]2C. The first kappa shape index (κ1) is 86.6. The van der Waals surface area contributed by atoms with Crippen LogP contribution in [0.5, 0.6) is 0 Å². The summed E-state index contributed by atoms with van der Waals surface area (Å²) in [7, 11) is 0. The fourth-order valence-electron chi connectivity index (χ4n) is 21.1. The smallest absolute Gasteiger partial charge is 0.187 e. The summed E-state index contributed by atoms with van der Waals surface area (Å²) in [5, 5.41) is 235. The fourth-order valence-corrected chi connectivity index (χ4v) is 21.1. The van der Waals surface area contributed by atoms with E-state index >= 15 is 0 Å². The van der Waals surface area contributed by atoms with Gasteiger partial charge in [0.1, 0.15) is 171 Å². The van der Waals surface area contributed by atoms with E-state index in [1.807, 2.05) is 0 Å². The average Bonchev–Trinajstić information content (AvgIpc) is 1.52. The molecule has 10 aliphatic heterocycles. The van der Waals surface area contributed by atoms with Gasteiger partial charge < -0.3 is 193 Å². The molecule has 14 rings (SSSR count). The van der Waals surface area contributed by atoms with Gasteiger partial charge in [-0.3, -0.25) is 0 Å². The number of rotatable bonds is 20. The second-order valence-electron chi connectivity index (χ2n) is 34.3. The van der Waals surface area contributed by atoms with Crippen molar-refractivity contribution < 1.29 is 193 Å². The minimum absolute atomic E-state index is 0.0447. The molecule has 644 valence electrons.